The predicted octanol–water partition coefficient (Wildman–Crippen LogP) is 5.01. The number of rotatable bonds is 8. The molecule has 34 heavy (non-hydrogen) atoms. The van der Waals surface area contributed by atoms with E-state index in [9.17, 15) is 4.79 Å². The molecule has 0 unspecified atom stereocenters. The van der Waals surface area contributed by atoms with Gasteiger partial charge < -0.3 is 14.2 Å². The number of thiazole rings is 1. The highest BCUT2D eigenvalue weighted by atomic mass is 32.2. The second-order valence-corrected chi connectivity index (χ2v) is 9.77. The minimum absolute atomic E-state index is 0.0205. The molecule has 0 spiro atoms. The van der Waals surface area contributed by atoms with E-state index < -0.39 is 0 Å². The third kappa shape index (κ3) is 4.68. The van der Waals surface area contributed by atoms with Crippen LogP contribution in [0.5, 0.6) is 11.5 Å². The Morgan fingerprint density at radius 2 is 2.00 bits per heavy atom. The molecule has 0 amide bonds. The monoisotopic (exact) mass is 495 g/mol. The summed E-state index contributed by atoms with van der Waals surface area (Å²) in [5.74, 6) is 1.97. The summed E-state index contributed by atoms with van der Waals surface area (Å²) in [4.78, 5) is 22.9. The molecule has 1 fully saturated rings. The number of hydrogen-bond acceptors (Lipinski definition) is 8. The first-order chi connectivity index (χ1) is 16.7. The highest BCUT2D eigenvalue weighted by molar-refractivity contribution is 7.98. The zero-order chi connectivity index (χ0) is 23.5. The maximum atomic E-state index is 13.3. The standard InChI is InChI=1S/C25H25N3O4S2/c1-30-21-10-9-16(12-22(21)31-2)23-26-17(14-33-23)15-34-25-27-20-8-4-3-7-19(20)24(29)28(25)13-18-6-5-11-32-18/h3-4,7-10,12,14,18H,5-6,11,13,15H2,1-2H3/t18-/m0/s1. The molecule has 1 aliphatic rings. The van der Waals surface area contributed by atoms with Gasteiger partial charge in [-0.1, -0.05) is 23.9 Å². The minimum Gasteiger partial charge on any atom is -0.493 e. The Labute approximate surface area is 205 Å². The molecule has 3 heterocycles. The van der Waals surface area contributed by atoms with Gasteiger partial charge in [-0.2, -0.15) is 0 Å². The van der Waals surface area contributed by atoms with Gasteiger partial charge in [0.25, 0.3) is 5.56 Å². The molecule has 0 saturated carbocycles. The van der Waals surface area contributed by atoms with E-state index in [1.165, 1.54) is 11.8 Å². The Balaban J connectivity index is 1.40. The van der Waals surface area contributed by atoms with E-state index in [0.29, 0.717) is 39.9 Å². The molecule has 1 atom stereocenters. The summed E-state index contributed by atoms with van der Waals surface area (Å²) in [5, 5.41) is 4.27. The van der Waals surface area contributed by atoms with Crippen LogP contribution in [0.2, 0.25) is 0 Å². The number of nitrogens with zero attached hydrogens (tertiary/aromatic N) is 3. The van der Waals surface area contributed by atoms with E-state index in [4.69, 9.17) is 24.2 Å². The average Bonchev–Trinajstić information content (AvgIpc) is 3.56. The number of hydrogen-bond donors (Lipinski definition) is 0. The topological polar surface area (TPSA) is 75.5 Å². The first kappa shape index (κ1) is 22.9. The molecular formula is C25H25N3O4S2. The molecular weight excluding hydrogens is 470 g/mol. The van der Waals surface area contributed by atoms with E-state index in [1.54, 1.807) is 30.1 Å². The first-order valence-electron chi connectivity index (χ1n) is 11.1. The highest BCUT2D eigenvalue weighted by Crippen LogP contribution is 2.34. The summed E-state index contributed by atoms with van der Waals surface area (Å²) in [7, 11) is 3.24. The maximum Gasteiger partial charge on any atom is 0.262 e. The Morgan fingerprint density at radius 3 is 2.79 bits per heavy atom. The summed E-state index contributed by atoms with van der Waals surface area (Å²) >= 11 is 3.11. The van der Waals surface area contributed by atoms with Gasteiger partial charge in [-0.05, 0) is 43.2 Å². The fourth-order valence-corrected chi connectivity index (χ4v) is 5.85. The SMILES string of the molecule is COc1ccc(-c2nc(CSc3nc4ccccc4c(=O)n3C[C@@H]3CCCO3)cs2)cc1OC. The third-order valence-corrected chi connectivity index (χ3v) is 7.72. The van der Waals surface area contributed by atoms with Gasteiger partial charge in [-0.15, -0.1) is 11.3 Å². The summed E-state index contributed by atoms with van der Waals surface area (Å²) in [6.07, 6.45) is 2.04. The van der Waals surface area contributed by atoms with Crippen LogP contribution in [0.3, 0.4) is 0 Å². The number of methoxy groups -OCH3 is 2. The number of para-hydroxylation sites is 1. The van der Waals surface area contributed by atoms with Crippen LogP contribution in [-0.4, -0.2) is 41.5 Å². The normalized spacial score (nSPS) is 15.6. The van der Waals surface area contributed by atoms with E-state index in [-0.39, 0.29) is 11.7 Å². The van der Waals surface area contributed by atoms with Gasteiger partial charge in [0.1, 0.15) is 5.01 Å². The van der Waals surface area contributed by atoms with E-state index in [2.05, 4.69) is 0 Å². The van der Waals surface area contributed by atoms with Crippen LogP contribution in [0.25, 0.3) is 21.5 Å². The second kappa shape index (κ2) is 10.2. The Kier molecular flexibility index (Phi) is 6.85. The third-order valence-electron chi connectivity index (χ3n) is 5.77. The van der Waals surface area contributed by atoms with E-state index in [1.807, 2.05) is 47.8 Å². The van der Waals surface area contributed by atoms with Crippen LogP contribution >= 0.6 is 23.1 Å². The molecule has 9 heteroatoms. The van der Waals surface area contributed by atoms with Crippen molar-refractivity contribution >= 4 is 34.0 Å². The van der Waals surface area contributed by atoms with Gasteiger partial charge in [0.2, 0.25) is 0 Å². The number of thioether (sulfide) groups is 1. The number of fused-ring (bicyclic) bond motifs is 1. The molecule has 2 aromatic heterocycles. The van der Waals surface area contributed by atoms with Crippen LogP contribution < -0.4 is 15.0 Å². The minimum atomic E-state index is -0.0205. The van der Waals surface area contributed by atoms with Crippen LogP contribution in [-0.2, 0) is 17.0 Å². The largest absolute Gasteiger partial charge is 0.493 e. The molecule has 0 radical (unpaired) electrons. The first-order valence-corrected chi connectivity index (χ1v) is 12.9. The van der Waals surface area contributed by atoms with Crippen molar-refractivity contribution in [1.29, 1.82) is 0 Å². The van der Waals surface area contributed by atoms with E-state index >= 15 is 0 Å². The predicted molar refractivity (Wildman–Crippen MR) is 135 cm³/mol. The highest BCUT2D eigenvalue weighted by Gasteiger charge is 2.20. The van der Waals surface area contributed by atoms with E-state index in [0.717, 1.165) is 35.7 Å². The van der Waals surface area contributed by atoms with Crippen molar-refractivity contribution in [3.8, 4) is 22.1 Å². The zero-order valence-corrected chi connectivity index (χ0v) is 20.7. The van der Waals surface area contributed by atoms with Crippen molar-refractivity contribution in [2.75, 3.05) is 20.8 Å². The van der Waals surface area contributed by atoms with Crippen LogP contribution in [0.1, 0.15) is 18.5 Å². The average molecular weight is 496 g/mol. The number of ether oxygens (including phenoxy) is 3. The van der Waals surface area contributed by atoms with Crippen molar-refractivity contribution in [1.82, 2.24) is 14.5 Å². The van der Waals surface area contributed by atoms with Crippen molar-refractivity contribution in [3.05, 3.63) is 63.9 Å². The smallest absolute Gasteiger partial charge is 0.262 e. The van der Waals surface area contributed by atoms with Crippen molar-refractivity contribution < 1.29 is 14.2 Å². The number of benzene rings is 2. The lowest BCUT2D eigenvalue weighted by Gasteiger charge is -2.16. The molecule has 7 nitrogen and oxygen atoms in total. The Bertz CT molecular complexity index is 1360. The fraction of sp³-hybridized carbons (Fsp3) is 0.320. The Morgan fingerprint density at radius 1 is 1.15 bits per heavy atom. The summed E-state index contributed by atoms with van der Waals surface area (Å²) in [6, 6.07) is 13.3. The fourth-order valence-electron chi connectivity index (χ4n) is 4.02. The van der Waals surface area contributed by atoms with Gasteiger partial charge in [0.15, 0.2) is 16.7 Å². The molecule has 176 valence electrons. The molecule has 5 rings (SSSR count). The quantitative estimate of drug-likeness (QED) is 0.251. The lowest BCUT2D eigenvalue weighted by Crippen LogP contribution is -2.28. The maximum absolute atomic E-state index is 13.3. The van der Waals surface area contributed by atoms with Crippen LogP contribution in [0, 0.1) is 0 Å². The number of aromatic nitrogens is 3. The second-order valence-electron chi connectivity index (χ2n) is 7.96. The summed E-state index contributed by atoms with van der Waals surface area (Å²) < 4.78 is 18.3. The van der Waals surface area contributed by atoms with Crippen molar-refractivity contribution in [2.45, 2.75) is 36.4 Å². The molecule has 4 aromatic rings. The molecule has 0 aliphatic carbocycles. The Hall–Kier alpha value is -2.88. The lowest BCUT2D eigenvalue weighted by atomic mass is 10.2. The van der Waals surface area contributed by atoms with Crippen molar-refractivity contribution in [3.63, 3.8) is 0 Å². The molecule has 0 bridgehead atoms. The van der Waals surface area contributed by atoms with Crippen LogP contribution in [0.4, 0.5) is 0 Å². The zero-order valence-electron chi connectivity index (χ0n) is 19.0. The lowest BCUT2D eigenvalue weighted by molar-refractivity contribution is 0.0937. The molecule has 1 saturated heterocycles. The van der Waals surface area contributed by atoms with Crippen molar-refractivity contribution in [2.24, 2.45) is 0 Å². The van der Waals surface area contributed by atoms with Gasteiger partial charge >= 0.3 is 0 Å². The van der Waals surface area contributed by atoms with Crippen LogP contribution in [0.15, 0.2) is 57.8 Å². The molecule has 2 aromatic carbocycles. The van der Waals surface area contributed by atoms with Gasteiger partial charge in [-0.25, -0.2) is 9.97 Å². The van der Waals surface area contributed by atoms with Gasteiger partial charge in [-0.3, -0.25) is 9.36 Å². The molecule has 0 N–H and O–H groups in total. The summed E-state index contributed by atoms with van der Waals surface area (Å²) in [6.45, 7) is 1.27. The molecule has 1 aliphatic heterocycles. The van der Waals surface area contributed by atoms with Gasteiger partial charge in [0, 0.05) is 23.3 Å². The summed E-state index contributed by atoms with van der Waals surface area (Å²) in [5.41, 5.74) is 2.60. The van der Waals surface area contributed by atoms with Gasteiger partial charge in [0.05, 0.1) is 43.5 Å².